The Kier molecular flexibility index (Phi) is 7.78. The fourth-order valence-electron chi connectivity index (χ4n) is 3.46. The van der Waals surface area contributed by atoms with E-state index < -0.39 is 0 Å². The molecule has 2 N–H and O–H groups in total. The zero-order valence-corrected chi connectivity index (χ0v) is 20.2. The Morgan fingerprint density at radius 2 is 1.76 bits per heavy atom. The molecule has 0 unspecified atom stereocenters. The minimum absolute atomic E-state index is 0.102. The number of hydrogen-bond donors (Lipinski definition) is 2. The highest BCUT2D eigenvalue weighted by atomic mass is 79.9. The summed E-state index contributed by atoms with van der Waals surface area (Å²) < 4.78 is 12.2. The first kappa shape index (κ1) is 23.3. The standard InChI is InChI=1S/C27H24BrN3O3/c1-33-25-15-20(14-23(28)27(25)34-18-19-8-3-2-4-9-19)16-30-31-26(32)17-29-24-13-7-11-21-10-5-6-12-22(21)24/h2-16,29H,17-18H2,1H3,(H,31,32)/b30-16-. The van der Waals surface area contributed by atoms with E-state index in [0.29, 0.717) is 18.1 Å². The summed E-state index contributed by atoms with van der Waals surface area (Å²) in [6.45, 7) is 0.521. The number of nitrogens with one attached hydrogen (secondary N) is 2. The molecule has 7 heteroatoms. The quantitative estimate of drug-likeness (QED) is 0.219. The lowest BCUT2D eigenvalue weighted by molar-refractivity contribution is -0.119. The molecule has 0 spiro atoms. The second kappa shape index (κ2) is 11.3. The van der Waals surface area contributed by atoms with Crippen molar-refractivity contribution in [2.75, 3.05) is 19.0 Å². The van der Waals surface area contributed by atoms with Crippen LogP contribution in [-0.2, 0) is 11.4 Å². The van der Waals surface area contributed by atoms with Crippen LogP contribution in [0.4, 0.5) is 5.69 Å². The Hall–Kier alpha value is -3.84. The molecule has 0 heterocycles. The van der Waals surface area contributed by atoms with E-state index in [0.717, 1.165) is 32.1 Å². The predicted molar refractivity (Wildman–Crippen MR) is 140 cm³/mol. The fourth-order valence-corrected chi connectivity index (χ4v) is 4.03. The van der Waals surface area contributed by atoms with Crippen molar-refractivity contribution < 1.29 is 14.3 Å². The van der Waals surface area contributed by atoms with Gasteiger partial charge in [0.05, 0.1) is 24.3 Å². The van der Waals surface area contributed by atoms with E-state index in [4.69, 9.17) is 9.47 Å². The molecule has 172 valence electrons. The number of anilines is 1. The van der Waals surface area contributed by atoms with Gasteiger partial charge in [-0.25, -0.2) is 5.43 Å². The minimum Gasteiger partial charge on any atom is -0.493 e. The molecular formula is C27H24BrN3O3. The highest BCUT2D eigenvalue weighted by Gasteiger charge is 2.12. The second-order valence-corrected chi connectivity index (χ2v) is 8.34. The third kappa shape index (κ3) is 5.94. The normalized spacial score (nSPS) is 10.9. The van der Waals surface area contributed by atoms with Crippen LogP contribution in [0.1, 0.15) is 11.1 Å². The van der Waals surface area contributed by atoms with Gasteiger partial charge in [-0.2, -0.15) is 5.10 Å². The van der Waals surface area contributed by atoms with E-state index in [1.807, 2.05) is 78.9 Å². The number of benzene rings is 4. The molecular weight excluding hydrogens is 494 g/mol. The highest BCUT2D eigenvalue weighted by Crippen LogP contribution is 2.36. The van der Waals surface area contributed by atoms with Gasteiger partial charge in [-0.1, -0.05) is 66.7 Å². The molecule has 0 radical (unpaired) electrons. The number of methoxy groups -OCH3 is 1. The Balaban J connectivity index is 1.35. The van der Waals surface area contributed by atoms with Gasteiger partial charge < -0.3 is 14.8 Å². The molecule has 0 aromatic heterocycles. The third-order valence-corrected chi connectivity index (χ3v) is 5.70. The first-order valence-electron chi connectivity index (χ1n) is 10.7. The SMILES string of the molecule is COc1cc(/C=N\NC(=O)CNc2cccc3ccccc23)cc(Br)c1OCc1ccccc1. The molecule has 4 aromatic carbocycles. The van der Waals surface area contributed by atoms with E-state index in [9.17, 15) is 4.79 Å². The second-order valence-electron chi connectivity index (χ2n) is 7.48. The number of carbonyl (C=O) groups is 1. The monoisotopic (exact) mass is 517 g/mol. The van der Waals surface area contributed by atoms with Crippen LogP contribution in [-0.4, -0.2) is 25.8 Å². The van der Waals surface area contributed by atoms with E-state index >= 15 is 0 Å². The van der Waals surface area contributed by atoms with Crippen molar-refractivity contribution in [3.05, 3.63) is 101 Å². The Morgan fingerprint density at radius 1 is 1.00 bits per heavy atom. The maximum Gasteiger partial charge on any atom is 0.259 e. The molecule has 4 rings (SSSR count). The van der Waals surface area contributed by atoms with Crippen LogP contribution in [0, 0.1) is 0 Å². The van der Waals surface area contributed by atoms with Crippen LogP contribution in [0.5, 0.6) is 11.5 Å². The lowest BCUT2D eigenvalue weighted by atomic mass is 10.1. The topological polar surface area (TPSA) is 72.0 Å². The smallest absolute Gasteiger partial charge is 0.259 e. The van der Waals surface area contributed by atoms with E-state index in [1.165, 1.54) is 0 Å². The maximum atomic E-state index is 12.3. The summed E-state index contributed by atoms with van der Waals surface area (Å²) in [5.74, 6) is 0.917. The van der Waals surface area contributed by atoms with Crippen molar-refractivity contribution in [3.63, 3.8) is 0 Å². The molecule has 0 atom stereocenters. The minimum atomic E-state index is -0.252. The van der Waals surface area contributed by atoms with Crippen molar-refractivity contribution in [1.29, 1.82) is 0 Å². The van der Waals surface area contributed by atoms with E-state index in [2.05, 4.69) is 31.8 Å². The Bertz CT molecular complexity index is 1300. The number of hydrogen-bond acceptors (Lipinski definition) is 5. The summed E-state index contributed by atoms with van der Waals surface area (Å²) in [6.07, 6.45) is 1.56. The van der Waals surface area contributed by atoms with Gasteiger partial charge in [-0.3, -0.25) is 4.79 Å². The summed E-state index contributed by atoms with van der Waals surface area (Å²) in [5.41, 5.74) is 5.25. The first-order valence-corrected chi connectivity index (χ1v) is 11.5. The van der Waals surface area contributed by atoms with Gasteiger partial charge in [-0.05, 0) is 50.6 Å². The molecule has 0 bridgehead atoms. The molecule has 6 nitrogen and oxygen atoms in total. The zero-order chi connectivity index (χ0) is 23.8. The molecule has 4 aromatic rings. The molecule has 0 saturated heterocycles. The van der Waals surface area contributed by atoms with Crippen LogP contribution in [0.2, 0.25) is 0 Å². The largest absolute Gasteiger partial charge is 0.493 e. The van der Waals surface area contributed by atoms with Gasteiger partial charge in [0.25, 0.3) is 5.91 Å². The molecule has 0 aliphatic rings. The van der Waals surface area contributed by atoms with Gasteiger partial charge in [-0.15, -0.1) is 0 Å². The summed E-state index contributed by atoms with van der Waals surface area (Å²) in [5, 5.41) is 9.42. The number of carbonyl (C=O) groups excluding carboxylic acids is 1. The molecule has 0 saturated carbocycles. The molecule has 34 heavy (non-hydrogen) atoms. The summed E-state index contributed by atoms with van der Waals surface area (Å²) in [7, 11) is 1.58. The summed E-state index contributed by atoms with van der Waals surface area (Å²) in [4.78, 5) is 12.3. The van der Waals surface area contributed by atoms with Crippen molar-refractivity contribution in [3.8, 4) is 11.5 Å². The molecule has 0 fully saturated rings. The lowest BCUT2D eigenvalue weighted by Gasteiger charge is -2.13. The van der Waals surface area contributed by atoms with Crippen LogP contribution in [0.15, 0.2) is 94.5 Å². The predicted octanol–water partition coefficient (Wildman–Crippen LogP) is 5.75. The zero-order valence-electron chi connectivity index (χ0n) is 18.6. The first-order chi connectivity index (χ1) is 16.6. The van der Waals surface area contributed by atoms with E-state index in [1.54, 1.807) is 19.4 Å². The van der Waals surface area contributed by atoms with Gasteiger partial charge in [0.1, 0.15) is 6.61 Å². The van der Waals surface area contributed by atoms with Crippen LogP contribution < -0.4 is 20.2 Å². The average Bonchev–Trinajstić information content (AvgIpc) is 2.87. The molecule has 0 aliphatic carbocycles. The van der Waals surface area contributed by atoms with Crippen molar-refractivity contribution >= 4 is 44.5 Å². The van der Waals surface area contributed by atoms with E-state index in [-0.39, 0.29) is 12.5 Å². The van der Waals surface area contributed by atoms with Crippen LogP contribution >= 0.6 is 15.9 Å². The van der Waals surface area contributed by atoms with Crippen molar-refractivity contribution in [2.24, 2.45) is 5.10 Å². The molecule has 0 aliphatic heterocycles. The number of hydrazone groups is 1. The fraction of sp³-hybridized carbons (Fsp3) is 0.111. The lowest BCUT2D eigenvalue weighted by Crippen LogP contribution is -2.25. The maximum absolute atomic E-state index is 12.3. The van der Waals surface area contributed by atoms with Gasteiger partial charge >= 0.3 is 0 Å². The van der Waals surface area contributed by atoms with Gasteiger partial charge in [0, 0.05) is 11.1 Å². The number of nitrogens with zero attached hydrogens (tertiary/aromatic N) is 1. The molecule has 1 amide bonds. The van der Waals surface area contributed by atoms with Crippen LogP contribution in [0.25, 0.3) is 10.8 Å². The number of rotatable bonds is 9. The summed E-state index contributed by atoms with van der Waals surface area (Å²) in [6, 6.07) is 27.5. The average molecular weight is 518 g/mol. The van der Waals surface area contributed by atoms with Gasteiger partial charge in [0.15, 0.2) is 11.5 Å². The van der Waals surface area contributed by atoms with Gasteiger partial charge in [0.2, 0.25) is 0 Å². The Labute approximate surface area is 206 Å². The highest BCUT2D eigenvalue weighted by molar-refractivity contribution is 9.10. The van der Waals surface area contributed by atoms with Crippen molar-refractivity contribution in [1.82, 2.24) is 5.43 Å². The Morgan fingerprint density at radius 3 is 2.59 bits per heavy atom. The third-order valence-electron chi connectivity index (χ3n) is 5.11. The van der Waals surface area contributed by atoms with Crippen LogP contribution in [0.3, 0.4) is 0 Å². The number of halogens is 1. The number of amides is 1. The summed E-state index contributed by atoms with van der Waals surface area (Å²) >= 11 is 3.54. The number of ether oxygens (including phenoxy) is 2. The number of fused-ring (bicyclic) bond motifs is 1. The van der Waals surface area contributed by atoms with Crippen molar-refractivity contribution in [2.45, 2.75) is 6.61 Å².